The predicted octanol–water partition coefficient (Wildman–Crippen LogP) is 4.01. The fourth-order valence-corrected chi connectivity index (χ4v) is 3.74. The molecule has 28 heavy (non-hydrogen) atoms. The van der Waals surface area contributed by atoms with Crippen molar-refractivity contribution in [2.45, 2.75) is 32.3 Å². The second kappa shape index (κ2) is 11.2. The Labute approximate surface area is 173 Å². The molecule has 2 aromatic rings. The number of nitrogens with zero attached hydrogens (tertiary/aromatic N) is 1. The average molecular weight is 404 g/mol. The molecular weight excluding hydrogens is 374 g/mol. The molecule has 1 aliphatic heterocycles. The van der Waals surface area contributed by atoms with Crippen molar-refractivity contribution in [1.29, 1.82) is 0 Å². The molecule has 1 heterocycles. The van der Waals surface area contributed by atoms with Crippen LogP contribution in [0.25, 0.3) is 0 Å². The van der Waals surface area contributed by atoms with E-state index in [4.69, 9.17) is 4.74 Å². The number of hydrogen-bond acceptors (Lipinski definition) is 4. The molecule has 1 aliphatic rings. The summed E-state index contributed by atoms with van der Waals surface area (Å²) in [5.41, 5.74) is 1.97. The number of para-hydroxylation sites is 1. The van der Waals surface area contributed by atoms with Gasteiger partial charge in [-0.05, 0) is 62.9 Å². The zero-order valence-electron chi connectivity index (χ0n) is 16.4. The summed E-state index contributed by atoms with van der Waals surface area (Å²) in [5, 5.41) is 10.3. The van der Waals surface area contributed by atoms with E-state index >= 15 is 0 Å². The lowest BCUT2D eigenvalue weighted by atomic mass is 9.90. The van der Waals surface area contributed by atoms with Crippen molar-refractivity contribution in [3.05, 3.63) is 65.7 Å². The summed E-state index contributed by atoms with van der Waals surface area (Å²) >= 11 is 0. The van der Waals surface area contributed by atoms with Crippen LogP contribution in [-0.2, 0) is 6.42 Å². The molecule has 5 heteroatoms. The molecule has 152 valence electrons. The van der Waals surface area contributed by atoms with Gasteiger partial charge in [0.15, 0.2) is 5.78 Å². The van der Waals surface area contributed by atoms with E-state index in [1.54, 1.807) is 12.1 Å². The van der Waals surface area contributed by atoms with E-state index in [-0.39, 0.29) is 24.8 Å². The number of piperidine rings is 1. The Balaban J connectivity index is 0.00000280. The molecule has 1 fully saturated rings. The minimum absolute atomic E-state index is 0. The smallest absolute Gasteiger partial charge is 0.163 e. The van der Waals surface area contributed by atoms with Crippen LogP contribution in [0.1, 0.15) is 35.7 Å². The third-order valence-electron chi connectivity index (χ3n) is 5.24. The molecule has 0 aliphatic carbocycles. The van der Waals surface area contributed by atoms with Crippen LogP contribution in [0.2, 0.25) is 0 Å². The molecule has 0 amide bonds. The van der Waals surface area contributed by atoms with Crippen molar-refractivity contribution in [2.75, 3.05) is 26.2 Å². The number of rotatable bonds is 8. The van der Waals surface area contributed by atoms with Crippen LogP contribution in [0.15, 0.2) is 54.6 Å². The second-order valence-electron chi connectivity index (χ2n) is 7.45. The van der Waals surface area contributed by atoms with E-state index in [0.29, 0.717) is 17.9 Å². The molecule has 1 N–H and O–H groups in total. The Bertz CT molecular complexity index is 730. The molecule has 4 nitrogen and oxygen atoms in total. The number of carbonyl (C=O) groups excluding carboxylic acids is 1. The van der Waals surface area contributed by atoms with Crippen molar-refractivity contribution in [1.82, 2.24) is 4.90 Å². The first-order valence-electron chi connectivity index (χ1n) is 9.79. The maximum Gasteiger partial charge on any atom is 0.163 e. The fraction of sp³-hybridized carbons (Fsp3) is 0.435. The summed E-state index contributed by atoms with van der Waals surface area (Å²) in [6.07, 6.45) is 2.91. The van der Waals surface area contributed by atoms with E-state index in [0.717, 1.165) is 38.3 Å². The molecule has 0 spiro atoms. The lowest BCUT2D eigenvalue weighted by molar-refractivity contribution is 0.0546. The largest absolute Gasteiger partial charge is 0.490 e. The number of benzene rings is 2. The van der Waals surface area contributed by atoms with Gasteiger partial charge in [0.2, 0.25) is 0 Å². The van der Waals surface area contributed by atoms with Gasteiger partial charge in [-0.2, -0.15) is 0 Å². The third kappa shape index (κ3) is 6.62. The number of aliphatic hydroxyl groups is 1. The SMILES string of the molecule is CC(=O)c1ccccc1OCC(O)CN1CCC(Cc2ccccc2)CC1.Cl. The van der Waals surface area contributed by atoms with Gasteiger partial charge in [-0.1, -0.05) is 42.5 Å². The first-order chi connectivity index (χ1) is 13.1. The Morgan fingerprint density at radius 2 is 1.75 bits per heavy atom. The van der Waals surface area contributed by atoms with Gasteiger partial charge in [0, 0.05) is 6.54 Å². The van der Waals surface area contributed by atoms with E-state index < -0.39 is 6.10 Å². The minimum atomic E-state index is -0.560. The standard InChI is InChI=1S/C23H29NO3.ClH/c1-18(25)22-9-5-6-10-23(22)27-17-21(26)16-24-13-11-20(12-14-24)15-19-7-3-2-4-8-19;/h2-10,20-21,26H,11-17H2,1H3;1H. The van der Waals surface area contributed by atoms with Gasteiger partial charge in [0.1, 0.15) is 18.5 Å². The third-order valence-corrected chi connectivity index (χ3v) is 5.24. The number of likely N-dealkylation sites (tertiary alicyclic amines) is 1. The molecular formula is C23H30ClNO3. The lowest BCUT2D eigenvalue weighted by Crippen LogP contribution is -2.41. The van der Waals surface area contributed by atoms with Gasteiger partial charge >= 0.3 is 0 Å². The average Bonchev–Trinajstić information content (AvgIpc) is 2.69. The minimum Gasteiger partial charge on any atom is -0.490 e. The van der Waals surface area contributed by atoms with Crippen LogP contribution in [0.4, 0.5) is 0 Å². The number of aliphatic hydroxyl groups excluding tert-OH is 1. The number of halogens is 1. The van der Waals surface area contributed by atoms with Crippen molar-refractivity contribution in [2.24, 2.45) is 5.92 Å². The van der Waals surface area contributed by atoms with Gasteiger partial charge < -0.3 is 14.7 Å². The maximum atomic E-state index is 11.6. The molecule has 3 rings (SSSR count). The van der Waals surface area contributed by atoms with Crippen LogP contribution in [0.3, 0.4) is 0 Å². The van der Waals surface area contributed by atoms with Gasteiger partial charge in [0.25, 0.3) is 0 Å². The van der Waals surface area contributed by atoms with Gasteiger partial charge in [-0.25, -0.2) is 0 Å². The van der Waals surface area contributed by atoms with Crippen LogP contribution in [-0.4, -0.2) is 48.1 Å². The van der Waals surface area contributed by atoms with Crippen molar-refractivity contribution >= 4 is 18.2 Å². The Morgan fingerprint density at radius 3 is 2.43 bits per heavy atom. The number of ketones is 1. The summed E-state index contributed by atoms with van der Waals surface area (Å²) in [6.45, 7) is 4.37. The van der Waals surface area contributed by atoms with Gasteiger partial charge in [-0.15, -0.1) is 12.4 Å². The number of β-amino-alcohol motifs (C(OH)–C–C–N with tert-alkyl or cyclic N) is 1. The number of Topliss-reactive ketones (excluding diaryl/α,β-unsaturated/α-hetero) is 1. The Morgan fingerprint density at radius 1 is 1.11 bits per heavy atom. The molecule has 0 aromatic heterocycles. The van der Waals surface area contributed by atoms with Gasteiger partial charge in [-0.3, -0.25) is 4.79 Å². The second-order valence-corrected chi connectivity index (χ2v) is 7.45. The van der Waals surface area contributed by atoms with Crippen LogP contribution in [0, 0.1) is 5.92 Å². The normalized spacial score (nSPS) is 16.2. The summed E-state index contributed by atoms with van der Waals surface area (Å²) < 4.78 is 5.70. The quantitative estimate of drug-likeness (QED) is 0.676. The Hall–Kier alpha value is -1.88. The van der Waals surface area contributed by atoms with Gasteiger partial charge in [0.05, 0.1) is 5.56 Å². The first-order valence-corrected chi connectivity index (χ1v) is 9.79. The highest BCUT2D eigenvalue weighted by Gasteiger charge is 2.21. The van der Waals surface area contributed by atoms with E-state index in [9.17, 15) is 9.90 Å². The summed E-state index contributed by atoms with van der Waals surface area (Å²) in [5.74, 6) is 1.24. The molecule has 0 saturated carbocycles. The van der Waals surface area contributed by atoms with Crippen molar-refractivity contribution in [3.8, 4) is 5.75 Å². The first kappa shape index (κ1) is 22.4. The number of ether oxygens (including phenoxy) is 1. The lowest BCUT2D eigenvalue weighted by Gasteiger charge is -2.33. The summed E-state index contributed by atoms with van der Waals surface area (Å²) in [6, 6.07) is 17.9. The highest BCUT2D eigenvalue weighted by atomic mass is 35.5. The van der Waals surface area contributed by atoms with E-state index in [2.05, 4.69) is 35.2 Å². The molecule has 0 radical (unpaired) electrons. The highest BCUT2D eigenvalue weighted by molar-refractivity contribution is 5.96. The molecule has 1 unspecified atom stereocenters. The topological polar surface area (TPSA) is 49.8 Å². The van der Waals surface area contributed by atoms with Crippen LogP contribution < -0.4 is 4.74 Å². The molecule has 2 aromatic carbocycles. The van der Waals surface area contributed by atoms with Crippen LogP contribution in [0.5, 0.6) is 5.75 Å². The van der Waals surface area contributed by atoms with Crippen molar-refractivity contribution in [3.63, 3.8) is 0 Å². The van der Waals surface area contributed by atoms with E-state index in [1.807, 2.05) is 12.1 Å². The molecule has 1 saturated heterocycles. The van der Waals surface area contributed by atoms with Crippen LogP contribution >= 0.6 is 12.4 Å². The monoisotopic (exact) mass is 403 g/mol. The molecule has 1 atom stereocenters. The van der Waals surface area contributed by atoms with Crippen molar-refractivity contribution < 1.29 is 14.6 Å². The zero-order chi connectivity index (χ0) is 19.1. The zero-order valence-corrected chi connectivity index (χ0v) is 17.2. The maximum absolute atomic E-state index is 11.6. The Kier molecular flexibility index (Phi) is 8.97. The summed E-state index contributed by atoms with van der Waals surface area (Å²) in [4.78, 5) is 14.0. The summed E-state index contributed by atoms with van der Waals surface area (Å²) in [7, 11) is 0. The number of carbonyl (C=O) groups is 1. The highest BCUT2D eigenvalue weighted by Crippen LogP contribution is 2.22. The fourth-order valence-electron chi connectivity index (χ4n) is 3.74. The number of hydrogen-bond donors (Lipinski definition) is 1. The molecule has 0 bridgehead atoms. The van der Waals surface area contributed by atoms with E-state index in [1.165, 1.54) is 12.5 Å². The predicted molar refractivity (Wildman–Crippen MR) is 115 cm³/mol.